The summed E-state index contributed by atoms with van der Waals surface area (Å²) in [5, 5.41) is 9.09. The second kappa shape index (κ2) is 5.16. The lowest BCUT2D eigenvalue weighted by Gasteiger charge is -2.06. The molecule has 0 saturated heterocycles. The quantitative estimate of drug-likeness (QED) is 0.793. The third kappa shape index (κ3) is 2.25. The van der Waals surface area contributed by atoms with E-state index in [-0.39, 0.29) is 6.61 Å². The summed E-state index contributed by atoms with van der Waals surface area (Å²) in [7, 11) is 1.63. The fourth-order valence-corrected chi connectivity index (χ4v) is 1.96. The van der Waals surface area contributed by atoms with E-state index in [2.05, 4.69) is 4.98 Å². The molecular weight excluding hydrogens is 218 g/mol. The minimum absolute atomic E-state index is 0.0923. The van der Waals surface area contributed by atoms with E-state index in [1.165, 1.54) is 0 Å². The van der Waals surface area contributed by atoms with Crippen LogP contribution in [0.25, 0.3) is 11.0 Å². The Morgan fingerprint density at radius 1 is 1.47 bits per heavy atom. The minimum Gasteiger partial charge on any atom is -0.497 e. The van der Waals surface area contributed by atoms with E-state index in [0.29, 0.717) is 19.5 Å². The summed E-state index contributed by atoms with van der Waals surface area (Å²) in [5.74, 6) is 1.69. The Labute approximate surface area is 99.8 Å². The molecule has 0 radical (unpaired) electrons. The van der Waals surface area contributed by atoms with Crippen LogP contribution in [-0.4, -0.2) is 34.9 Å². The lowest BCUT2D eigenvalue weighted by atomic mass is 10.3. The van der Waals surface area contributed by atoms with Crippen LogP contribution in [0.2, 0.25) is 0 Å². The molecule has 1 aromatic heterocycles. The summed E-state index contributed by atoms with van der Waals surface area (Å²) < 4.78 is 7.17. The van der Waals surface area contributed by atoms with Crippen LogP contribution in [0, 0.1) is 0 Å². The van der Waals surface area contributed by atoms with Crippen LogP contribution in [0.15, 0.2) is 18.2 Å². The lowest BCUT2D eigenvalue weighted by molar-refractivity contribution is 0.276. The number of ether oxygens (including phenoxy) is 1. The number of fused-ring (bicyclic) bond motifs is 1. The Kier molecular flexibility index (Phi) is 3.61. The van der Waals surface area contributed by atoms with Crippen molar-refractivity contribution in [3.8, 4) is 5.75 Å². The molecule has 1 aromatic carbocycles. The zero-order valence-electron chi connectivity index (χ0n) is 9.89. The number of aromatic nitrogens is 2. The first kappa shape index (κ1) is 11.9. The molecule has 5 nitrogen and oxygen atoms in total. The van der Waals surface area contributed by atoms with E-state index in [9.17, 15) is 0 Å². The van der Waals surface area contributed by atoms with Crippen molar-refractivity contribution in [3.63, 3.8) is 0 Å². The third-order valence-corrected chi connectivity index (χ3v) is 2.73. The van der Waals surface area contributed by atoms with Gasteiger partial charge in [-0.25, -0.2) is 4.98 Å². The Balaban J connectivity index is 2.52. The van der Waals surface area contributed by atoms with Gasteiger partial charge in [-0.1, -0.05) is 0 Å². The summed E-state index contributed by atoms with van der Waals surface area (Å²) in [6.45, 7) is 1.18. The zero-order chi connectivity index (χ0) is 12.3. The Hall–Kier alpha value is -1.59. The molecule has 0 aliphatic rings. The van der Waals surface area contributed by atoms with E-state index in [1.807, 2.05) is 22.8 Å². The van der Waals surface area contributed by atoms with Crippen LogP contribution in [0.3, 0.4) is 0 Å². The van der Waals surface area contributed by atoms with Gasteiger partial charge in [0, 0.05) is 19.0 Å². The minimum atomic E-state index is 0.0923. The lowest BCUT2D eigenvalue weighted by Crippen LogP contribution is -2.11. The van der Waals surface area contributed by atoms with Crippen molar-refractivity contribution in [3.05, 3.63) is 24.0 Å². The first-order chi connectivity index (χ1) is 8.30. The number of nitrogens with zero attached hydrogens (tertiary/aromatic N) is 2. The number of hydrogen-bond acceptors (Lipinski definition) is 4. The van der Waals surface area contributed by atoms with Crippen molar-refractivity contribution in [2.24, 2.45) is 5.73 Å². The van der Waals surface area contributed by atoms with Gasteiger partial charge in [0.05, 0.1) is 24.8 Å². The SMILES string of the molecule is COc1ccc2c(c1)nc(CCN)n2CCO. The van der Waals surface area contributed by atoms with Crippen molar-refractivity contribution in [2.75, 3.05) is 20.3 Å². The van der Waals surface area contributed by atoms with Gasteiger partial charge in [-0.3, -0.25) is 0 Å². The summed E-state index contributed by atoms with van der Waals surface area (Å²) in [4.78, 5) is 4.52. The van der Waals surface area contributed by atoms with Gasteiger partial charge >= 0.3 is 0 Å². The molecule has 17 heavy (non-hydrogen) atoms. The van der Waals surface area contributed by atoms with Crippen LogP contribution in [0.5, 0.6) is 5.75 Å². The van der Waals surface area contributed by atoms with Crippen LogP contribution >= 0.6 is 0 Å². The van der Waals surface area contributed by atoms with Gasteiger partial charge in [-0.2, -0.15) is 0 Å². The number of aliphatic hydroxyl groups excluding tert-OH is 1. The normalized spacial score (nSPS) is 11.0. The third-order valence-electron chi connectivity index (χ3n) is 2.73. The van der Waals surface area contributed by atoms with Crippen LogP contribution in [-0.2, 0) is 13.0 Å². The van der Waals surface area contributed by atoms with Crippen LogP contribution in [0.4, 0.5) is 0 Å². The van der Waals surface area contributed by atoms with E-state index >= 15 is 0 Å². The van der Waals surface area contributed by atoms with Crippen LogP contribution < -0.4 is 10.5 Å². The number of nitrogens with two attached hydrogens (primary N) is 1. The largest absolute Gasteiger partial charge is 0.497 e. The van der Waals surface area contributed by atoms with Crippen molar-refractivity contribution >= 4 is 11.0 Å². The fraction of sp³-hybridized carbons (Fsp3) is 0.417. The molecule has 2 aromatic rings. The van der Waals surface area contributed by atoms with Gasteiger partial charge in [-0.05, 0) is 18.7 Å². The number of hydrogen-bond donors (Lipinski definition) is 2. The Morgan fingerprint density at radius 3 is 2.94 bits per heavy atom. The molecule has 0 fully saturated rings. The molecule has 0 unspecified atom stereocenters. The maximum Gasteiger partial charge on any atom is 0.121 e. The van der Waals surface area contributed by atoms with Gasteiger partial charge in [0.1, 0.15) is 11.6 Å². The van der Waals surface area contributed by atoms with Crippen molar-refractivity contribution in [2.45, 2.75) is 13.0 Å². The zero-order valence-corrected chi connectivity index (χ0v) is 9.89. The number of imidazole rings is 1. The van der Waals surface area contributed by atoms with E-state index in [0.717, 1.165) is 22.6 Å². The van der Waals surface area contributed by atoms with Crippen molar-refractivity contribution in [1.29, 1.82) is 0 Å². The maximum atomic E-state index is 9.09. The molecule has 92 valence electrons. The maximum absolute atomic E-state index is 9.09. The second-order valence-corrected chi connectivity index (χ2v) is 3.80. The monoisotopic (exact) mass is 235 g/mol. The van der Waals surface area contributed by atoms with E-state index in [1.54, 1.807) is 7.11 Å². The van der Waals surface area contributed by atoms with Gasteiger partial charge in [0.2, 0.25) is 0 Å². The summed E-state index contributed by atoms with van der Waals surface area (Å²) in [5.41, 5.74) is 7.44. The van der Waals surface area contributed by atoms with Crippen molar-refractivity contribution < 1.29 is 9.84 Å². The van der Waals surface area contributed by atoms with Gasteiger partial charge < -0.3 is 20.1 Å². The first-order valence-electron chi connectivity index (χ1n) is 5.64. The first-order valence-corrected chi connectivity index (χ1v) is 5.64. The molecule has 3 N–H and O–H groups in total. The molecule has 0 spiro atoms. The van der Waals surface area contributed by atoms with Gasteiger partial charge in [0.25, 0.3) is 0 Å². The summed E-state index contributed by atoms with van der Waals surface area (Å²) >= 11 is 0. The standard InChI is InChI=1S/C12H17N3O2/c1-17-9-2-3-11-10(8-9)14-12(4-5-13)15(11)6-7-16/h2-3,8,16H,4-7,13H2,1H3. The number of aliphatic hydroxyl groups is 1. The average Bonchev–Trinajstić information content (AvgIpc) is 2.68. The molecule has 5 heteroatoms. The molecule has 0 saturated carbocycles. The second-order valence-electron chi connectivity index (χ2n) is 3.80. The molecule has 0 aliphatic heterocycles. The fourth-order valence-electron chi connectivity index (χ4n) is 1.96. The number of rotatable bonds is 5. The highest BCUT2D eigenvalue weighted by Gasteiger charge is 2.10. The van der Waals surface area contributed by atoms with Crippen molar-refractivity contribution in [1.82, 2.24) is 9.55 Å². The number of methoxy groups -OCH3 is 1. The van der Waals surface area contributed by atoms with Crippen LogP contribution in [0.1, 0.15) is 5.82 Å². The van der Waals surface area contributed by atoms with Gasteiger partial charge in [0.15, 0.2) is 0 Å². The molecule has 0 amide bonds. The Bertz CT molecular complexity index is 508. The predicted molar refractivity (Wildman–Crippen MR) is 66.1 cm³/mol. The molecule has 2 rings (SSSR count). The summed E-state index contributed by atoms with van der Waals surface area (Å²) in [6, 6.07) is 5.74. The van der Waals surface area contributed by atoms with E-state index < -0.39 is 0 Å². The number of benzene rings is 1. The highest BCUT2D eigenvalue weighted by molar-refractivity contribution is 5.77. The Morgan fingerprint density at radius 2 is 2.29 bits per heavy atom. The molecule has 0 atom stereocenters. The molecule has 0 bridgehead atoms. The summed E-state index contributed by atoms with van der Waals surface area (Å²) in [6.07, 6.45) is 0.705. The predicted octanol–water partition coefficient (Wildman–Crippen LogP) is 0.538. The highest BCUT2D eigenvalue weighted by atomic mass is 16.5. The molecule has 0 aliphatic carbocycles. The highest BCUT2D eigenvalue weighted by Crippen LogP contribution is 2.21. The molecule has 1 heterocycles. The smallest absolute Gasteiger partial charge is 0.121 e. The topological polar surface area (TPSA) is 73.3 Å². The average molecular weight is 235 g/mol. The molecular formula is C12H17N3O2. The van der Waals surface area contributed by atoms with E-state index in [4.69, 9.17) is 15.6 Å². The van der Waals surface area contributed by atoms with Gasteiger partial charge in [-0.15, -0.1) is 0 Å².